The van der Waals surface area contributed by atoms with Crippen LogP contribution in [-0.2, 0) is 16.1 Å². The number of hydrogen-bond donors (Lipinski definition) is 1. The Morgan fingerprint density at radius 3 is 2.42 bits per heavy atom. The van der Waals surface area contributed by atoms with E-state index in [1.54, 1.807) is 0 Å². The Morgan fingerprint density at radius 2 is 1.79 bits per heavy atom. The van der Waals surface area contributed by atoms with E-state index in [1.807, 2.05) is 0 Å². The highest BCUT2D eigenvalue weighted by Gasteiger charge is 2.11. The summed E-state index contributed by atoms with van der Waals surface area (Å²) in [5.74, 6) is -2.84. The van der Waals surface area contributed by atoms with E-state index in [1.165, 1.54) is 30.3 Å². The van der Waals surface area contributed by atoms with Gasteiger partial charge in [0.1, 0.15) is 17.9 Å². The van der Waals surface area contributed by atoms with Crippen molar-refractivity contribution in [3.63, 3.8) is 0 Å². The van der Waals surface area contributed by atoms with Crippen LogP contribution in [0.1, 0.15) is 26.3 Å². The lowest BCUT2D eigenvalue weighted by Gasteiger charge is -2.07. The quantitative estimate of drug-likeness (QED) is 0.650. The number of ether oxygens (including phenoxy) is 1. The SMILES string of the molecule is O=Cc1ccc(C(=O)OCC(=O)NCc2ccc(F)cc2F)cc1. The lowest BCUT2D eigenvalue weighted by Crippen LogP contribution is -2.28. The Kier molecular flexibility index (Phi) is 5.73. The summed E-state index contributed by atoms with van der Waals surface area (Å²) in [4.78, 5) is 33.8. The minimum atomic E-state index is -0.775. The van der Waals surface area contributed by atoms with Crippen LogP contribution >= 0.6 is 0 Å². The van der Waals surface area contributed by atoms with E-state index in [2.05, 4.69) is 5.32 Å². The van der Waals surface area contributed by atoms with Crippen molar-refractivity contribution in [1.82, 2.24) is 5.32 Å². The molecule has 0 aliphatic rings. The summed E-state index contributed by atoms with van der Waals surface area (Å²) in [7, 11) is 0. The number of nitrogens with one attached hydrogen (secondary N) is 1. The average Bonchev–Trinajstić information content (AvgIpc) is 2.59. The summed E-state index contributed by atoms with van der Waals surface area (Å²) < 4.78 is 31.0. The van der Waals surface area contributed by atoms with E-state index in [0.29, 0.717) is 17.9 Å². The fourth-order valence-corrected chi connectivity index (χ4v) is 1.82. The molecule has 0 radical (unpaired) electrons. The molecule has 0 atom stereocenters. The van der Waals surface area contributed by atoms with Crippen molar-refractivity contribution < 1.29 is 27.9 Å². The molecule has 0 saturated heterocycles. The average molecular weight is 333 g/mol. The molecule has 5 nitrogen and oxygen atoms in total. The van der Waals surface area contributed by atoms with Gasteiger partial charge in [-0.15, -0.1) is 0 Å². The van der Waals surface area contributed by atoms with Crippen LogP contribution in [-0.4, -0.2) is 24.8 Å². The van der Waals surface area contributed by atoms with Gasteiger partial charge in [-0.05, 0) is 18.2 Å². The Bertz CT molecular complexity index is 760. The van der Waals surface area contributed by atoms with Crippen LogP contribution in [0, 0.1) is 11.6 Å². The molecule has 0 fully saturated rings. The van der Waals surface area contributed by atoms with Crippen LogP contribution in [0.5, 0.6) is 0 Å². The minimum Gasteiger partial charge on any atom is -0.452 e. The molecule has 2 aromatic rings. The topological polar surface area (TPSA) is 72.5 Å². The third-order valence-corrected chi connectivity index (χ3v) is 3.11. The second-order valence-electron chi connectivity index (χ2n) is 4.83. The number of halogens is 2. The molecule has 0 aromatic heterocycles. The first-order chi connectivity index (χ1) is 11.5. The summed E-state index contributed by atoms with van der Waals surface area (Å²) in [6, 6.07) is 8.70. The zero-order valence-corrected chi connectivity index (χ0v) is 12.4. The summed E-state index contributed by atoms with van der Waals surface area (Å²) in [5, 5.41) is 2.36. The molecule has 0 unspecified atom stereocenters. The number of benzene rings is 2. The molecule has 7 heteroatoms. The second kappa shape index (κ2) is 7.96. The van der Waals surface area contributed by atoms with Gasteiger partial charge in [-0.1, -0.05) is 18.2 Å². The highest BCUT2D eigenvalue weighted by Crippen LogP contribution is 2.09. The summed E-state index contributed by atoms with van der Waals surface area (Å²) in [6.45, 7) is -0.701. The van der Waals surface area contributed by atoms with Gasteiger partial charge in [0.25, 0.3) is 5.91 Å². The number of carbonyl (C=O) groups excluding carboxylic acids is 3. The Labute approximate surface area is 136 Å². The van der Waals surface area contributed by atoms with Crippen molar-refractivity contribution in [2.75, 3.05) is 6.61 Å². The lowest BCUT2D eigenvalue weighted by atomic mass is 10.1. The molecule has 0 aliphatic carbocycles. The van der Waals surface area contributed by atoms with Crippen molar-refractivity contribution in [2.24, 2.45) is 0 Å². The van der Waals surface area contributed by atoms with Gasteiger partial charge in [0, 0.05) is 23.7 Å². The van der Waals surface area contributed by atoms with Crippen molar-refractivity contribution in [1.29, 1.82) is 0 Å². The summed E-state index contributed by atoms with van der Waals surface area (Å²) >= 11 is 0. The molecule has 124 valence electrons. The van der Waals surface area contributed by atoms with Crippen LogP contribution in [0.2, 0.25) is 0 Å². The van der Waals surface area contributed by atoms with Gasteiger partial charge in [-0.25, -0.2) is 13.6 Å². The lowest BCUT2D eigenvalue weighted by molar-refractivity contribution is -0.124. The van der Waals surface area contributed by atoms with Gasteiger partial charge in [0.15, 0.2) is 6.61 Å². The predicted octanol–water partition coefficient (Wildman–Crippen LogP) is 2.25. The maximum atomic E-state index is 13.4. The first-order valence-corrected chi connectivity index (χ1v) is 6.92. The number of rotatable bonds is 6. The third kappa shape index (κ3) is 4.70. The standard InChI is InChI=1S/C17H13F2NO4/c18-14-6-5-13(15(19)7-14)8-20-16(22)10-24-17(23)12-3-1-11(9-21)2-4-12/h1-7,9H,8,10H2,(H,20,22). The molecule has 1 amide bonds. The van der Waals surface area contributed by atoms with Crippen molar-refractivity contribution in [3.8, 4) is 0 Å². The largest absolute Gasteiger partial charge is 0.452 e. The number of aldehydes is 1. The second-order valence-corrected chi connectivity index (χ2v) is 4.83. The van der Waals surface area contributed by atoms with Crippen LogP contribution in [0.15, 0.2) is 42.5 Å². The molecule has 0 aliphatic heterocycles. The van der Waals surface area contributed by atoms with Gasteiger partial charge in [0.2, 0.25) is 0 Å². The minimum absolute atomic E-state index is 0.112. The molecule has 0 bridgehead atoms. The summed E-state index contributed by atoms with van der Waals surface area (Å²) in [6.07, 6.45) is 0.636. The Hall–Kier alpha value is -3.09. The molecule has 0 spiro atoms. The maximum absolute atomic E-state index is 13.4. The van der Waals surface area contributed by atoms with E-state index in [-0.39, 0.29) is 17.7 Å². The fourth-order valence-electron chi connectivity index (χ4n) is 1.82. The van der Waals surface area contributed by atoms with E-state index >= 15 is 0 Å². The normalized spacial score (nSPS) is 10.1. The first-order valence-electron chi connectivity index (χ1n) is 6.92. The Balaban J connectivity index is 1.81. The molecule has 0 saturated carbocycles. The monoisotopic (exact) mass is 333 g/mol. The summed E-state index contributed by atoms with van der Waals surface area (Å²) in [5.41, 5.74) is 0.712. The number of esters is 1. The van der Waals surface area contributed by atoms with Crippen LogP contribution in [0.4, 0.5) is 8.78 Å². The number of hydrogen-bond acceptors (Lipinski definition) is 4. The first kappa shape index (κ1) is 17.3. The molecule has 2 rings (SSSR count). The van der Waals surface area contributed by atoms with Crippen LogP contribution < -0.4 is 5.32 Å². The van der Waals surface area contributed by atoms with Crippen LogP contribution in [0.25, 0.3) is 0 Å². The Morgan fingerprint density at radius 1 is 1.08 bits per heavy atom. The van der Waals surface area contributed by atoms with E-state index in [4.69, 9.17) is 4.74 Å². The predicted molar refractivity (Wildman–Crippen MR) is 80.3 cm³/mol. The van der Waals surface area contributed by atoms with Crippen molar-refractivity contribution in [2.45, 2.75) is 6.54 Å². The fraction of sp³-hybridized carbons (Fsp3) is 0.118. The molecule has 1 N–H and O–H groups in total. The van der Waals surface area contributed by atoms with Gasteiger partial charge < -0.3 is 10.1 Å². The zero-order valence-electron chi connectivity index (χ0n) is 12.4. The number of amides is 1. The van der Waals surface area contributed by atoms with Gasteiger partial charge in [-0.3, -0.25) is 9.59 Å². The zero-order chi connectivity index (χ0) is 17.5. The molecular weight excluding hydrogens is 320 g/mol. The molecule has 0 heterocycles. The van der Waals surface area contributed by atoms with Gasteiger partial charge in [-0.2, -0.15) is 0 Å². The maximum Gasteiger partial charge on any atom is 0.338 e. The van der Waals surface area contributed by atoms with Crippen LogP contribution in [0.3, 0.4) is 0 Å². The molecule has 2 aromatic carbocycles. The van der Waals surface area contributed by atoms with E-state index in [9.17, 15) is 23.2 Å². The smallest absolute Gasteiger partial charge is 0.338 e. The highest BCUT2D eigenvalue weighted by atomic mass is 19.1. The van der Waals surface area contributed by atoms with E-state index < -0.39 is 30.1 Å². The molecular formula is C17H13F2NO4. The van der Waals surface area contributed by atoms with Crippen molar-refractivity contribution >= 4 is 18.2 Å². The van der Waals surface area contributed by atoms with Gasteiger partial charge >= 0.3 is 5.97 Å². The van der Waals surface area contributed by atoms with Crippen molar-refractivity contribution in [3.05, 3.63) is 70.8 Å². The van der Waals surface area contributed by atoms with E-state index in [0.717, 1.165) is 6.07 Å². The molecule has 24 heavy (non-hydrogen) atoms. The highest BCUT2D eigenvalue weighted by molar-refractivity contribution is 5.92. The third-order valence-electron chi connectivity index (χ3n) is 3.11. The van der Waals surface area contributed by atoms with Gasteiger partial charge in [0.05, 0.1) is 5.56 Å². The number of carbonyl (C=O) groups is 3.